The van der Waals surface area contributed by atoms with Crippen LogP contribution in [0.3, 0.4) is 0 Å². The van der Waals surface area contributed by atoms with Gasteiger partial charge in [0.1, 0.15) is 23.1 Å². The predicted molar refractivity (Wildman–Crippen MR) is 190 cm³/mol. The van der Waals surface area contributed by atoms with Crippen molar-refractivity contribution in [2.24, 2.45) is 0 Å². The molecule has 5 aromatic rings. The highest BCUT2D eigenvalue weighted by Crippen LogP contribution is 2.58. The Kier molecular flexibility index (Phi) is 9.89. The second-order valence-corrected chi connectivity index (χ2v) is 13.2. The van der Waals surface area contributed by atoms with Crippen molar-refractivity contribution in [3.05, 3.63) is 147 Å². The van der Waals surface area contributed by atoms with E-state index < -0.39 is 29.8 Å². The summed E-state index contributed by atoms with van der Waals surface area (Å²) in [6.45, 7) is 3.30. The zero-order chi connectivity index (χ0) is 34.9. The van der Waals surface area contributed by atoms with Gasteiger partial charge in [-0.3, -0.25) is 4.79 Å². The van der Waals surface area contributed by atoms with Crippen molar-refractivity contribution < 1.29 is 28.9 Å². The number of halogens is 3. The average Bonchev–Trinajstić information content (AvgIpc) is 3.07. The van der Waals surface area contributed by atoms with E-state index in [2.05, 4.69) is 5.32 Å². The van der Waals surface area contributed by atoms with Gasteiger partial charge >= 0.3 is 0 Å². The van der Waals surface area contributed by atoms with Crippen molar-refractivity contribution in [1.29, 1.82) is 0 Å². The summed E-state index contributed by atoms with van der Waals surface area (Å²) in [5.74, 6) is -0.720. The van der Waals surface area contributed by atoms with Crippen LogP contribution < -0.4 is 14.8 Å². The van der Waals surface area contributed by atoms with Crippen LogP contribution in [0.5, 0.6) is 17.2 Å². The molecule has 252 valence electrons. The number of aliphatic hydroxyl groups excluding tert-OH is 1. The molecule has 0 aromatic heterocycles. The van der Waals surface area contributed by atoms with Crippen molar-refractivity contribution in [3.8, 4) is 28.4 Å². The number of carbonyl (C=O) groups excluding carboxylic acids is 1. The number of carbonyl (C=O) groups is 1. The number of aliphatic hydroxyl groups is 1. The standard InChI is InChI=1S/C40H36Cl2FNO5/c1-23(2)49-36-20-28(48-3)16-17-31(36)38-30(34-21-37(47)44-34)18-19-35(46)39(38)40(24-8-12-26(41)13-9-24,25-10-14-27(42)15-11-25)32(22-45)29-6-4-5-7-33(29)43/h4-20,23,32,34,45-46H,21-22H2,1-3H3,(H,44,47). The fraction of sp³-hybridized carbons (Fsp3) is 0.225. The van der Waals surface area contributed by atoms with E-state index in [1.54, 1.807) is 73.8 Å². The Labute approximate surface area is 295 Å². The van der Waals surface area contributed by atoms with Crippen LogP contribution in [0.15, 0.2) is 103 Å². The van der Waals surface area contributed by atoms with Crippen LogP contribution in [-0.2, 0) is 10.2 Å². The Hall–Kier alpha value is -4.56. The van der Waals surface area contributed by atoms with Gasteiger partial charge in [-0.1, -0.05) is 71.7 Å². The molecule has 1 aliphatic rings. The largest absolute Gasteiger partial charge is 0.508 e. The molecule has 1 heterocycles. The lowest BCUT2D eigenvalue weighted by Gasteiger charge is -2.45. The molecule has 0 aliphatic carbocycles. The third-order valence-corrected chi connectivity index (χ3v) is 9.62. The van der Waals surface area contributed by atoms with Gasteiger partial charge in [-0.2, -0.15) is 0 Å². The molecule has 1 amide bonds. The maximum Gasteiger partial charge on any atom is 0.222 e. The molecule has 6 nitrogen and oxygen atoms in total. The normalized spacial score (nSPS) is 15.0. The van der Waals surface area contributed by atoms with Crippen LogP contribution in [0.2, 0.25) is 10.0 Å². The molecule has 0 spiro atoms. The second-order valence-electron chi connectivity index (χ2n) is 12.4. The number of amides is 1. The fourth-order valence-corrected chi connectivity index (χ4v) is 7.26. The topological polar surface area (TPSA) is 88.0 Å². The van der Waals surface area contributed by atoms with Gasteiger partial charge in [-0.15, -0.1) is 0 Å². The predicted octanol–water partition coefficient (Wildman–Crippen LogP) is 8.97. The van der Waals surface area contributed by atoms with Gasteiger partial charge in [-0.05, 0) is 90.2 Å². The molecule has 2 unspecified atom stereocenters. The van der Waals surface area contributed by atoms with Crippen molar-refractivity contribution in [2.45, 2.75) is 43.7 Å². The first-order valence-corrected chi connectivity index (χ1v) is 16.7. The van der Waals surface area contributed by atoms with E-state index in [9.17, 15) is 15.0 Å². The molecule has 0 radical (unpaired) electrons. The van der Waals surface area contributed by atoms with E-state index in [4.69, 9.17) is 32.7 Å². The van der Waals surface area contributed by atoms with Crippen LogP contribution in [0.25, 0.3) is 11.1 Å². The van der Waals surface area contributed by atoms with Crippen LogP contribution >= 0.6 is 23.2 Å². The quantitative estimate of drug-likeness (QED) is 0.0946. The Bertz CT molecular complexity index is 1930. The summed E-state index contributed by atoms with van der Waals surface area (Å²) in [7, 11) is 1.57. The molecule has 1 fully saturated rings. The number of phenolic OH excluding ortho intramolecular Hbond substituents is 1. The first-order valence-electron chi connectivity index (χ1n) is 16.0. The zero-order valence-corrected chi connectivity index (χ0v) is 28.7. The molecule has 3 N–H and O–H groups in total. The molecule has 49 heavy (non-hydrogen) atoms. The van der Waals surface area contributed by atoms with E-state index >= 15 is 4.39 Å². The van der Waals surface area contributed by atoms with Crippen LogP contribution in [0.1, 0.15) is 60.0 Å². The molecule has 6 rings (SSSR count). The highest BCUT2D eigenvalue weighted by atomic mass is 35.5. The van der Waals surface area contributed by atoms with E-state index in [-0.39, 0.29) is 29.7 Å². The summed E-state index contributed by atoms with van der Waals surface area (Å²) in [6.07, 6.45) is -0.0151. The maximum atomic E-state index is 16.1. The molecule has 0 saturated carbocycles. The Balaban J connectivity index is 1.85. The first-order chi connectivity index (χ1) is 23.6. The molecule has 5 aromatic carbocycles. The summed E-state index contributed by atoms with van der Waals surface area (Å²) >= 11 is 12.9. The van der Waals surface area contributed by atoms with Crippen molar-refractivity contribution in [2.75, 3.05) is 13.7 Å². The minimum absolute atomic E-state index is 0.111. The number of hydrogen-bond donors (Lipinski definition) is 3. The summed E-state index contributed by atoms with van der Waals surface area (Å²) in [5.41, 5.74) is 2.23. The van der Waals surface area contributed by atoms with Crippen molar-refractivity contribution >= 4 is 29.1 Å². The average molecular weight is 701 g/mol. The first kappa shape index (κ1) is 34.3. The summed E-state index contributed by atoms with van der Waals surface area (Å²) < 4.78 is 28.0. The number of rotatable bonds is 11. The van der Waals surface area contributed by atoms with Gasteiger partial charge in [0.15, 0.2) is 0 Å². The number of nitrogens with one attached hydrogen (secondary N) is 1. The monoisotopic (exact) mass is 699 g/mol. The lowest BCUT2D eigenvalue weighted by Crippen LogP contribution is -2.43. The molecule has 2 atom stereocenters. The van der Waals surface area contributed by atoms with Gasteiger partial charge < -0.3 is 25.0 Å². The third kappa shape index (κ3) is 6.34. The summed E-state index contributed by atoms with van der Waals surface area (Å²) in [5, 5.41) is 27.8. The van der Waals surface area contributed by atoms with E-state index in [1.165, 1.54) is 6.07 Å². The fourth-order valence-electron chi connectivity index (χ4n) is 7.01. The van der Waals surface area contributed by atoms with Gasteiger partial charge in [0.05, 0.1) is 37.7 Å². The zero-order valence-electron chi connectivity index (χ0n) is 27.2. The molecule has 1 aliphatic heterocycles. The second kappa shape index (κ2) is 14.1. The molecular formula is C40H36Cl2FNO5. The van der Waals surface area contributed by atoms with Crippen molar-refractivity contribution in [3.63, 3.8) is 0 Å². The molecule has 9 heteroatoms. The van der Waals surface area contributed by atoms with E-state index in [1.807, 2.05) is 44.2 Å². The number of phenols is 1. The number of benzene rings is 5. The SMILES string of the molecule is COc1ccc(-c2c(C3CC(=O)N3)ccc(O)c2C(c2ccc(Cl)cc2)(c2ccc(Cl)cc2)C(CO)c2ccccc2F)c(OC(C)C)c1. The molecular weight excluding hydrogens is 664 g/mol. The van der Waals surface area contributed by atoms with E-state index in [0.717, 1.165) is 0 Å². The van der Waals surface area contributed by atoms with Crippen LogP contribution in [-0.4, -0.2) is 35.9 Å². The minimum Gasteiger partial charge on any atom is -0.508 e. The number of hydrogen-bond acceptors (Lipinski definition) is 5. The smallest absolute Gasteiger partial charge is 0.222 e. The molecule has 1 saturated heterocycles. The lowest BCUT2D eigenvalue weighted by molar-refractivity contribution is -0.128. The molecule has 0 bridgehead atoms. The highest BCUT2D eigenvalue weighted by Gasteiger charge is 2.49. The van der Waals surface area contributed by atoms with Crippen LogP contribution in [0.4, 0.5) is 4.39 Å². The number of aromatic hydroxyl groups is 1. The maximum absolute atomic E-state index is 16.1. The highest BCUT2D eigenvalue weighted by molar-refractivity contribution is 6.30. The summed E-state index contributed by atoms with van der Waals surface area (Å²) in [6, 6.07) is 28.9. The van der Waals surface area contributed by atoms with Gasteiger partial charge in [0.2, 0.25) is 5.91 Å². The van der Waals surface area contributed by atoms with Crippen LogP contribution in [0, 0.1) is 5.82 Å². The minimum atomic E-state index is -1.48. The number of methoxy groups -OCH3 is 1. The lowest BCUT2D eigenvalue weighted by atomic mass is 9.58. The Morgan fingerprint density at radius 1 is 0.918 bits per heavy atom. The number of β-lactam (4-membered cyclic amide) rings is 1. The van der Waals surface area contributed by atoms with E-state index in [0.29, 0.717) is 54.9 Å². The van der Waals surface area contributed by atoms with Crippen molar-refractivity contribution in [1.82, 2.24) is 5.32 Å². The van der Waals surface area contributed by atoms with Gasteiger partial charge in [-0.25, -0.2) is 4.39 Å². The summed E-state index contributed by atoms with van der Waals surface area (Å²) in [4.78, 5) is 12.4. The Morgan fingerprint density at radius 3 is 2.06 bits per heavy atom. The van der Waals surface area contributed by atoms with Gasteiger partial charge in [0.25, 0.3) is 0 Å². The third-order valence-electron chi connectivity index (χ3n) is 9.12. The van der Waals surface area contributed by atoms with Gasteiger partial charge in [0, 0.05) is 33.2 Å². The number of ether oxygens (including phenoxy) is 2. The Morgan fingerprint density at radius 2 is 1.53 bits per heavy atom.